The van der Waals surface area contributed by atoms with Crippen molar-refractivity contribution in [1.82, 2.24) is 9.71 Å². The molecule has 0 unspecified atom stereocenters. The van der Waals surface area contributed by atoms with E-state index in [0.717, 1.165) is 0 Å². The van der Waals surface area contributed by atoms with Gasteiger partial charge in [0.15, 0.2) is 5.13 Å². The lowest BCUT2D eigenvalue weighted by Crippen LogP contribution is -2.23. The lowest BCUT2D eigenvalue weighted by molar-refractivity contribution is 0.0696. The second-order valence-electron chi connectivity index (χ2n) is 4.05. The van der Waals surface area contributed by atoms with E-state index in [-0.39, 0.29) is 17.0 Å². The van der Waals surface area contributed by atoms with Gasteiger partial charge < -0.3 is 10.4 Å². The highest BCUT2D eigenvalue weighted by Crippen LogP contribution is 2.15. The number of aromatic carboxylic acids is 1. The number of nitrogens with zero attached hydrogens (tertiary/aromatic N) is 1. The van der Waals surface area contributed by atoms with E-state index in [4.69, 9.17) is 5.11 Å². The summed E-state index contributed by atoms with van der Waals surface area (Å²) in [6, 6.07) is 5.01. The number of rotatable bonds is 6. The standard InChI is InChI=1S/C12H13N3O4S2/c1-13-12-15-9(7-20-12)6-14-21(18,19)10-4-2-8(3-5-10)11(16)17/h2-5,7,14H,6H2,1H3,(H,13,15)(H,16,17). The number of nitrogens with one attached hydrogen (secondary N) is 2. The van der Waals surface area contributed by atoms with Crippen molar-refractivity contribution in [2.75, 3.05) is 12.4 Å². The van der Waals surface area contributed by atoms with Crippen LogP contribution in [0.15, 0.2) is 34.5 Å². The first-order chi connectivity index (χ1) is 9.92. The average Bonchev–Trinajstić information content (AvgIpc) is 2.93. The molecule has 0 bridgehead atoms. The number of carboxylic acids is 1. The lowest BCUT2D eigenvalue weighted by atomic mass is 10.2. The fraction of sp³-hybridized carbons (Fsp3) is 0.167. The zero-order chi connectivity index (χ0) is 15.5. The zero-order valence-corrected chi connectivity index (χ0v) is 12.7. The quantitative estimate of drug-likeness (QED) is 0.739. The highest BCUT2D eigenvalue weighted by Gasteiger charge is 2.15. The maximum atomic E-state index is 12.1. The molecular formula is C12H13N3O4S2. The Hall–Kier alpha value is -1.97. The molecule has 1 aromatic carbocycles. The van der Waals surface area contributed by atoms with E-state index in [1.807, 2.05) is 0 Å². The second kappa shape index (κ2) is 6.20. The number of sulfonamides is 1. The van der Waals surface area contributed by atoms with Gasteiger partial charge in [0.1, 0.15) is 0 Å². The smallest absolute Gasteiger partial charge is 0.335 e. The molecule has 0 aliphatic carbocycles. The molecule has 0 saturated heterocycles. The van der Waals surface area contributed by atoms with Crippen LogP contribution in [0.25, 0.3) is 0 Å². The van der Waals surface area contributed by atoms with Crippen molar-refractivity contribution in [2.24, 2.45) is 0 Å². The Morgan fingerprint density at radius 1 is 1.33 bits per heavy atom. The topological polar surface area (TPSA) is 108 Å². The molecule has 1 heterocycles. The molecule has 7 nitrogen and oxygen atoms in total. The predicted molar refractivity (Wildman–Crippen MR) is 79.1 cm³/mol. The predicted octanol–water partition coefficient (Wildman–Crippen LogP) is 1.36. The van der Waals surface area contributed by atoms with E-state index < -0.39 is 16.0 Å². The van der Waals surface area contributed by atoms with Crippen LogP contribution in [0.3, 0.4) is 0 Å². The summed E-state index contributed by atoms with van der Waals surface area (Å²) in [4.78, 5) is 14.9. The van der Waals surface area contributed by atoms with Crippen molar-refractivity contribution in [2.45, 2.75) is 11.4 Å². The normalized spacial score (nSPS) is 11.3. The van der Waals surface area contributed by atoms with Crippen LogP contribution < -0.4 is 10.0 Å². The van der Waals surface area contributed by atoms with Crippen LogP contribution in [0.5, 0.6) is 0 Å². The minimum atomic E-state index is -3.70. The van der Waals surface area contributed by atoms with Gasteiger partial charge in [-0.2, -0.15) is 0 Å². The number of benzene rings is 1. The minimum absolute atomic E-state index is 0.0107. The molecule has 0 spiro atoms. The SMILES string of the molecule is CNc1nc(CNS(=O)(=O)c2ccc(C(=O)O)cc2)cs1. The first-order valence-corrected chi connectivity index (χ1v) is 8.24. The third-order valence-corrected chi connectivity index (χ3v) is 4.95. The van der Waals surface area contributed by atoms with Gasteiger partial charge in [0.25, 0.3) is 0 Å². The minimum Gasteiger partial charge on any atom is -0.478 e. The summed E-state index contributed by atoms with van der Waals surface area (Å²) in [5, 5.41) is 14.1. The Kier molecular flexibility index (Phi) is 4.56. The van der Waals surface area contributed by atoms with Crippen molar-refractivity contribution in [3.63, 3.8) is 0 Å². The molecule has 1 aromatic heterocycles. The summed E-state index contributed by atoms with van der Waals surface area (Å²) in [6.07, 6.45) is 0. The molecule has 0 aliphatic rings. The third kappa shape index (κ3) is 3.78. The molecule has 0 atom stereocenters. The van der Waals surface area contributed by atoms with Crippen LogP contribution in [0.2, 0.25) is 0 Å². The fourth-order valence-electron chi connectivity index (χ4n) is 1.53. The first-order valence-electron chi connectivity index (χ1n) is 5.87. The number of hydrogen-bond donors (Lipinski definition) is 3. The highest BCUT2D eigenvalue weighted by atomic mass is 32.2. The van der Waals surface area contributed by atoms with Gasteiger partial charge >= 0.3 is 5.97 Å². The molecule has 0 saturated carbocycles. The van der Waals surface area contributed by atoms with Gasteiger partial charge in [0.2, 0.25) is 10.0 Å². The number of anilines is 1. The van der Waals surface area contributed by atoms with Crippen LogP contribution >= 0.6 is 11.3 Å². The number of carbonyl (C=O) groups is 1. The van der Waals surface area contributed by atoms with Crippen molar-refractivity contribution in [3.8, 4) is 0 Å². The lowest BCUT2D eigenvalue weighted by Gasteiger charge is -2.05. The van der Waals surface area contributed by atoms with E-state index in [2.05, 4.69) is 15.0 Å². The second-order valence-corrected chi connectivity index (χ2v) is 6.67. The van der Waals surface area contributed by atoms with E-state index in [1.165, 1.54) is 35.6 Å². The van der Waals surface area contributed by atoms with Crippen molar-refractivity contribution in [1.29, 1.82) is 0 Å². The van der Waals surface area contributed by atoms with Gasteiger partial charge in [-0.3, -0.25) is 0 Å². The summed E-state index contributed by atoms with van der Waals surface area (Å²) < 4.78 is 26.5. The Bertz CT molecular complexity index is 738. The Balaban J connectivity index is 2.09. The van der Waals surface area contributed by atoms with Gasteiger partial charge in [-0.1, -0.05) is 0 Å². The third-order valence-electron chi connectivity index (χ3n) is 2.62. The van der Waals surface area contributed by atoms with Gasteiger partial charge in [-0.05, 0) is 24.3 Å². The van der Waals surface area contributed by atoms with Gasteiger partial charge in [-0.25, -0.2) is 22.9 Å². The zero-order valence-electron chi connectivity index (χ0n) is 11.0. The summed E-state index contributed by atoms with van der Waals surface area (Å²) in [5.41, 5.74) is 0.641. The molecule has 9 heteroatoms. The first kappa shape index (κ1) is 15.4. The molecule has 0 aliphatic heterocycles. The molecule has 0 amide bonds. The average molecular weight is 327 g/mol. The van der Waals surface area contributed by atoms with Gasteiger partial charge in [-0.15, -0.1) is 11.3 Å². The Labute approximate surface area is 125 Å². The molecule has 112 valence electrons. The number of aromatic nitrogens is 1. The van der Waals surface area contributed by atoms with Crippen molar-refractivity contribution < 1.29 is 18.3 Å². The molecule has 0 fully saturated rings. The van der Waals surface area contributed by atoms with E-state index in [0.29, 0.717) is 10.8 Å². The van der Waals surface area contributed by atoms with Crippen LogP contribution in [-0.2, 0) is 16.6 Å². The van der Waals surface area contributed by atoms with Crippen LogP contribution in [0.4, 0.5) is 5.13 Å². The van der Waals surface area contributed by atoms with Crippen LogP contribution in [0, 0.1) is 0 Å². The van der Waals surface area contributed by atoms with E-state index in [9.17, 15) is 13.2 Å². The molecule has 2 rings (SSSR count). The maximum Gasteiger partial charge on any atom is 0.335 e. The molecule has 3 N–H and O–H groups in total. The number of thiazole rings is 1. The fourth-order valence-corrected chi connectivity index (χ4v) is 3.20. The van der Waals surface area contributed by atoms with E-state index >= 15 is 0 Å². The van der Waals surface area contributed by atoms with E-state index in [1.54, 1.807) is 12.4 Å². The Morgan fingerprint density at radius 3 is 2.52 bits per heavy atom. The molecule has 2 aromatic rings. The Morgan fingerprint density at radius 2 is 2.00 bits per heavy atom. The molecular weight excluding hydrogens is 314 g/mol. The number of carboxylic acid groups (broad SMARTS) is 1. The van der Waals surface area contributed by atoms with Crippen molar-refractivity contribution >= 4 is 32.5 Å². The van der Waals surface area contributed by atoms with Crippen LogP contribution in [-0.4, -0.2) is 31.5 Å². The highest BCUT2D eigenvalue weighted by molar-refractivity contribution is 7.89. The monoisotopic (exact) mass is 327 g/mol. The largest absolute Gasteiger partial charge is 0.478 e. The summed E-state index contributed by atoms with van der Waals surface area (Å²) in [6.45, 7) is 0.0706. The van der Waals surface area contributed by atoms with Crippen molar-refractivity contribution in [3.05, 3.63) is 40.9 Å². The van der Waals surface area contributed by atoms with Gasteiger partial charge in [0, 0.05) is 12.4 Å². The maximum absolute atomic E-state index is 12.1. The molecule has 0 radical (unpaired) electrons. The summed E-state index contributed by atoms with van der Waals surface area (Å²) in [7, 11) is -1.96. The summed E-state index contributed by atoms with van der Waals surface area (Å²) >= 11 is 1.38. The summed E-state index contributed by atoms with van der Waals surface area (Å²) in [5.74, 6) is -1.10. The molecule has 21 heavy (non-hydrogen) atoms. The van der Waals surface area contributed by atoms with Gasteiger partial charge in [0.05, 0.1) is 22.7 Å². The van der Waals surface area contributed by atoms with Crippen LogP contribution in [0.1, 0.15) is 16.1 Å². The number of hydrogen-bond acceptors (Lipinski definition) is 6.